The predicted molar refractivity (Wildman–Crippen MR) is 181 cm³/mol. The normalized spacial score (nSPS) is 13.8. The van der Waals surface area contributed by atoms with Crippen LogP contribution in [0.1, 0.15) is 17.5 Å². The van der Waals surface area contributed by atoms with Gasteiger partial charge in [0.2, 0.25) is 5.91 Å². The number of amides is 1. The van der Waals surface area contributed by atoms with Gasteiger partial charge in [-0.3, -0.25) is 10.2 Å². The first-order chi connectivity index (χ1) is 21.4. The average Bonchev–Trinajstić information content (AvgIpc) is 3.53. The first-order valence-electron chi connectivity index (χ1n) is 13.8. The molecule has 1 aromatic heterocycles. The smallest absolute Gasteiger partial charge is 0.246 e. The predicted octanol–water partition coefficient (Wildman–Crippen LogP) is 9.21. The molecule has 0 bridgehead atoms. The van der Waals surface area contributed by atoms with Crippen LogP contribution in [0, 0.1) is 12.7 Å². The number of amidine groups is 1. The summed E-state index contributed by atoms with van der Waals surface area (Å²) in [5.41, 5.74) is 8.59. The van der Waals surface area contributed by atoms with E-state index in [1.807, 2.05) is 91.2 Å². The number of carbonyl (C=O) groups excluding carboxylic acids is 1. The number of para-hydroxylation sites is 1. The Hall–Kier alpha value is -4.44. The highest BCUT2D eigenvalue weighted by atomic mass is 35.5. The van der Waals surface area contributed by atoms with E-state index in [1.165, 1.54) is 40.2 Å². The van der Waals surface area contributed by atoms with Gasteiger partial charge in [0, 0.05) is 45.7 Å². The van der Waals surface area contributed by atoms with Gasteiger partial charge in [0.05, 0.1) is 11.4 Å². The van der Waals surface area contributed by atoms with Crippen LogP contribution in [0.25, 0.3) is 16.2 Å². The number of rotatable bonds is 8. The van der Waals surface area contributed by atoms with Crippen molar-refractivity contribution < 1.29 is 9.18 Å². The number of thioether (sulfide) groups is 1. The monoisotopic (exact) mass is 639 g/mol. The molecule has 6 rings (SSSR count). The molecule has 0 radical (unpaired) electrons. The Morgan fingerprint density at radius 3 is 2.39 bits per heavy atom. The number of aliphatic imine (C=N–C) groups is 1. The minimum atomic E-state index is -0.322. The minimum absolute atomic E-state index is 0.155. The summed E-state index contributed by atoms with van der Waals surface area (Å²) in [4.78, 5) is 26.2. The number of nitrogens with one attached hydrogen (secondary N) is 1. The van der Waals surface area contributed by atoms with Gasteiger partial charge in [0.15, 0.2) is 10.3 Å². The van der Waals surface area contributed by atoms with Crippen LogP contribution in [-0.4, -0.2) is 27.6 Å². The highest BCUT2D eigenvalue weighted by Gasteiger charge is 2.24. The van der Waals surface area contributed by atoms with E-state index >= 15 is 0 Å². The zero-order chi connectivity index (χ0) is 30.5. The first-order valence-corrected chi connectivity index (χ1v) is 15.9. The zero-order valence-electron chi connectivity index (χ0n) is 23.7. The van der Waals surface area contributed by atoms with Crippen molar-refractivity contribution in [1.82, 2.24) is 15.4 Å². The van der Waals surface area contributed by atoms with Gasteiger partial charge in [0.1, 0.15) is 5.82 Å². The number of hydrogen-bond acceptors (Lipinski definition) is 6. The van der Waals surface area contributed by atoms with E-state index in [0.29, 0.717) is 16.7 Å². The molecule has 1 N–H and O–H groups in total. The third kappa shape index (κ3) is 7.19. The van der Waals surface area contributed by atoms with E-state index in [1.54, 1.807) is 18.3 Å². The molecule has 0 saturated heterocycles. The molecule has 0 spiro atoms. The number of benzene rings is 4. The van der Waals surface area contributed by atoms with Crippen LogP contribution in [0.2, 0.25) is 5.02 Å². The standard InChI is InChI=1S/C34H27ClFN5OS2/c1-23-7-17-29(18-8-23)40(34-38-30(22-43-34)24-9-13-26(35)14-10-24)20-19-32(42)41-21-31(25-11-15-27(36)16-12-25)44-33(39-41)37-28-5-3-2-4-6-28/h2-18,21-22H,19-20H2,1H3,(H,37,39). The summed E-state index contributed by atoms with van der Waals surface area (Å²) < 4.78 is 13.7. The highest BCUT2D eigenvalue weighted by molar-refractivity contribution is 8.21. The zero-order valence-corrected chi connectivity index (χ0v) is 26.0. The van der Waals surface area contributed by atoms with Gasteiger partial charge in [-0.2, -0.15) is 0 Å². The van der Waals surface area contributed by atoms with Gasteiger partial charge in [-0.25, -0.2) is 19.4 Å². The maximum absolute atomic E-state index is 13.7. The molecule has 0 fully saturated rings. The lowest BCUT2D eigenvalue weighted by Gasteiger charge is -2.29. The second-order valence-electron chi connectivity index (χ2n) is 9.99. The Balaban J connectivity index is 1.26. The third-order valence-electron chi connectivity index (χ3n) is 6.81. The van der Waals surface area contributed by atoms with Crippen LogP contribution in [-0.2, 0) is 4.79 Å². The second kappa shape index (κ2) is 13.5. The van der Waals surface area contributed by atoms with Crippen molar-refractivity contribution in [2.75, 3.05) is 11.4 Å². The summed E-state index contributed by atoms with van der Waals surface area (Å²) in [7, 11) is 0. The molecular weight excluding hydrogens is 613 g/mol. The highest BCUT2D eigenvalue weighted by Crippen LogP contribution is 2.35. The molecule has 1 amide bonds. The topological polar surface area (TPSA) is 60.8 Å². The number of aryl methyl sites for hydroxylation is 1. The molecule has 10 heteroatoms. The molecule has 2 heterocycles. The van der Waals surface area contributed by atoms with Gasteiger partial charge in [-0.1, -0.05) is 71.8 Å². The van der Waals surface area contributed by atoms with Crippen LogP contribution in [0.5, 0.6) is 0 Å². The van der Waals surface area contributed by atoms with Crippen LogP contribution in [0.3, 0.4) is 0 Å². The van der Waals surface area contributed by atoms with Crippen LogP contribution < -0.4 is 10.3 Å². The van der Waals surface area contributed by atoms with E-state index in [2.05, 4.69) is 10.3 Å². The Bertz CT molecular complexity index is 1810. The molecule has 4 aromatic carbocycles. The van der Waals surface area contributed by atoms with Crippen molar-refractivity contribution >= 4 is 67.2 Å². The van der Waals surface area contributed by atoms with Gasteiger partial charge in [-0.15, -0.1) is 11.3 Å². The van der Waals surface area contributed by atoms with Gasteiger partial charge in [-0.05, 0) is 72.8 Å². The number of aromatic nitrogens is 1. The van der Waals surface area contributed by atoms with Crippen molar-refractivity contribution in [2.45, 2.75) is 13.3 Å². The third-order valence-corrected chi connectivity index (χ3v) is 8.86. The fourth-order valence-electron chi connectivity index (χ4n) is 4.48. The first kappa shape index (κ1) is 29.6. The lowest BCUT2D eigenvalue weighted by atomic mass is 10.2. The van der Waals surface area contributed by atoms with Gasteiger partial charge >= 0.3 is 0 Å². The molecule has 5 aromatic rings. The number of thiazole rings is 1. The average molecular weight is 640 g/mol. The van der Waals surface area contributed by atoms with Crippen molar-refractivity contribution in [1.29, 1.82) is 0 Å². The number of carbonyl (C=O) groups is 1. The summed E-state index contributed by atoms with van der Waals surface area (Å²) in [6.45, 7) is 2.44. The quantitative estimate of drug-likeness (QED) is 0.183. The Morgan fingerprint density at radius 1 is 0.955 bits per heavy atom. The summed E-state index contributed by atoms with van der Waals surface area (Å²) in [6.07, 6.45) is 1.93. The number of anilines is 2. The molecule has 6 nitrogen and oxygen atoms in total. The number of nitrogens with zero attached hydrogens (tertiary/aromatic N) is 4. The molecule has 1 aliphatic heterocycles. The summed E-state index contributed by atoms with van der Waals surface area (Å²) >= 11 is 8.99. The summed E-state index contributed by atoms with van der Waals surface area (Å²) in [5, 5.41) is 5.46. The lowest BCUT2D eigenvalue weighted by Crippen LogP contribution is -2.44. The van der Waals surface area contributed by atoms with Crippen molar-refractivity contribution in [2.24, 2.45) is 4.99 Å². The summed E-state index contributed by atoms with van der Waals surface area (Å²) in [5.74, 6) is -0.478. The van der Waals surface area contributed by atoms with Crippen LogP contribution >= 0.6 is 34.7 Å². The molecule has 220 valence electrons. The Morgan fingerprint density at radius 2 is 1.66 bits per heavy atom. The Kier molecular flexibility index (Phi) is 9.07. The van der Waals surface area contributed by atoms with Crippen LogP contribution in [0.4, 0.5) is 20.9 Å². The molecule has 44 heavy (non-hydrogen) atoms. The van der Waals surface area contributed by atoms with Crippen molar-refractivity contribution in [3.05, 3.63) is 137 Å². The fraction of sp³-hybridized carbons (Fsp3) is 0.0882. The lowest BCUT2D eigenvalue weighted by molar-refractivity contribution is -0.129. The second-order valence-corrected chi connectivity index (χ2v) is 12.3. The number of halogens is 2. The SMILES string of the molecule is Cc1ccc(N(CCC(=O)N2C=C(c3ccc(F)cc3)SC(=Nc3ccccc3)N2)c2nc(-c3ccc(Cl)cc3)cs2)cc1. The summed E-state index contributed by atoms with van der Waals surface area (Å²) in [6, 6.07) is 31.5. The maximum Gasteiger partial charge on any atom is 0.246 e. The molecule has 0 saturated carbocycles. The molecular formula is C34H27ClFN5OS2. The van der Waals surface area contributed by atoms with E-state index in [0.717, 1.165) is 43.8 Å². The number of hydrazine groups is 1. The fourth-order valence-corrected chi connectivity index (χ4v) is 6.41. The molecule has 1 aliphatic rings. The van der Waals surface area contributed by atoms with Gasteiger partial charge < -0.3 is 4.90 Å². The minimum Gasteiger partial charge on any atom is -0.317 e. The molecule has 0 unspecified atom stereocenters. The largest absolute Gasteiger partial charge is 0.317 e. The van der Waals surface area contributed by atoms with Crippen LogP contribution in [0.15, 0.2) is 120 Å². The van der Waals surface area contributed by atoms with E-state index in [4.69, 9.17) is 21.6 Å². The number of hydrogen-bond donors (Lipinski definition) is 1. The van der Waals surface area contributed by atoms with E-state index in [9.17, 15) is 9.18 Å². The van der Waals surface area contributed by atoms with Gasteiger partial charge in [0.25, 0.3) is 0 Å². The van der Waals surface area contributed by atoms with E-state index in [-0.39, 0.29) is 18.1 Å². The van der Waals surface area contributed by atoms with E-state index < -0.39 is 0 Å². The van der Waals surface area contributed by atoms with Crippen molar-refractivity contribution in [3.8, 4) is 11.3 Å². The molecule has 0 atom stereocenters. The maximum atomic E-state index is 13.7. The molecule has 0 aliphatic carbocycles. The Labute approximate surface area is 268 Å². The van der Waals surface area contributed by atoms with Crippen molar-refractivity contribution in [3.63, 3.8) is 0 Å².